The van der Waals surface area contributed by atoms with Crippen molar-refractivity contribution in [1.29, 1.82) is 0 Å². The van der Waals surface area contributed by atoms with Crippen LogP contribution < -0.4 is 0 Å². The Labute approximate surface area is 130 Å². The van der Waals surface area contributed by atoms with Crippen LogP contribution in [0.2, 0.25) is 0 Å². The van der Waals surface area contributed by atoms with Gasteiger partial charge in [-0.1, -0.05) is 66.2 Å². The molecule has 0 aliphatic carbocycles. The van der Waals surface area contributed by atoms with Gasteiger partial charge in [-0.25, -0.2) is 8.42 Å². The van der Waals surface area contributed by atoms with E-state index in [1.165, 1.54) is 6.92 Å². The Morgan fingerprint density at radius 1 is 1.00 bits per heavy atom. The Balaban J connectivity index is 2.32. The maximum absolute atomic E-state index is 11.7. The largest absolute Gasteiger partial charge is 0.385 e. The third-order valence-corrected chi connectivity index (χ3v) is 6.27. The van der Waals surface area contributed by atoms with Gasteiger partial charge in [-0.15, -0.1) is 0 Å². The van der Waals surface area contributed by atoms with E-state index in [1.54, 1.807) is 12.1 Å². The molecule has 0 spiro atoms. The Hall–Kier alpha value is -1.36. The highest BCUT2D eigenvalue weighted by Gasteiger charge is 2.41. The molecule has 2 aromatic carbocycles. The summed E-state index contributed by atoms with van der Waals surface area (Å²) in [5, 5.41) is 10.2. The van der Waals surface area contributed by atoms with Crippen LogP contribution in [0.15, 0.2) is 54.6 Å². The molecule has 0 amide bonds. The van der Waals surface area contributed by atoms with E-state index >= 15 is 0 Å². The number of rotatable bonds is 4. The molecule has 0 fully saturated rings. The number of sulfone groups is 1. The maximum Gasteiger partial charge on any atom is 0.172 e. The smallest absolute Gasteiger partial charge is 0.172 e. The van der Waals surface area contributed by atoms with Crippen molar-refractivity contribution >= 4 is 21.4 Å². The molecule has 0 aliphatic heterocycles. The zero-order valence-electron chi connectivity index (χ0n) is 11.8. The van der Waals surface area contributed by atoms with E-state index in [2.05, 4.69) is 0 Å². The number of hydrogen-bond donors (Lipinski definition) is 1. The minimum atomic E-state index is -3.60. The van der Waals surface area contributed by atoms with Crippen LogP contribution in [0, 0.1) is 0 Å². The predicted octanol–water partition coefficient (Wildman–Crippen LogP) is 3.39. The van der Waals surface area contributed by atoms with Crippen molar-refractivity contribution in [1.82, 2.24) is 0 Å². The van der Waals surface area contributed by atoms with Gasteiger partial charge in [-0.05, 0) is 23.6 Å². The lowest BCUT2D eigenvalue weighted by Crippen LogP contribution is -2.35. The first-order chi connectivity index (χ1) is 9.73. The number of aliphatic hydroxyl groups is 1. The number of hydrogen-bond acceptors (Lipinski definition) is 3. The Bertz CT molecular complexity index is 707. The summed E-state index contributed by atoms with van der Waals surface area (Å²) >= 11 is 6.02. The highest BCUT2D eigenvalue weighted by Crippen LogP contribution is 2.36. The zero-order valence-corrected chi connectivity index (χ0v) is 13.4. The number of alkyl halides is 1. The topological polar surface area (TPSA) is 54.4 Å². The molecule has 0 unspecified atom stereocenters. The molecular weight excluding hydrogens is 308 g/mol. The van der Waals surface area contributed by atoms with Gasteiger partial charge in [0.25, 0.3) is 0 Å². The van der Waals surface area contributed by atoms with Crippen molar-refractivity contribution in [3.8, 4) is 11.1 Å². The van der Waals surface area contributed by atoms with Crippen LogP contribution in [0.25, 0.3) is 11.1 Å². The second-order valence-electron chi connectivity index (χ2n) is 5.15. The van der Waals surface area contributed by atoms with Gasteiger partial charge in [0.05, 0.1) is 0 Å². The second-order valence-corrected chi connectivity index (χ2v) is 8.55. The van der Waals surface area contributed by atoms with Crippen molar-refractivity contribution in [3.05, 3.63) is 60.2 Å². The third kappa shape index (κ3) is 3.28. The molecule has 2 rings (SSSR count). The van der Waals surface area contributed by atoms with E-state index in [0.717, 1.165) is 17.4 Å². The van der Waals surface area contributed by atoms with E-state index in [-0.39, 0.29) is 0 Å². The van der Waals surface area contributed by atoms with Crippen LogP contribution in [0.5, 0.6) is 0 Å². The van der Waals surface area contributed by atoms with Gasteiger partial charge >= 0.3 is 0 Å². The summed E-state index contributed by atoms with van der Waals surface area (Å²) in [4.78, 5) is 0. The van der Waals surface area contributed by atoms with Gasteiger partial charge in [0, 0.05) is 6.26 Å². The van der Waals surface area contributed by atoms with Gasteiger partial charge in [-0.3, -0.25) is 0 Å². The predicted molar refractivity (Wildman–Crippen MR) is 85.9 cm³/mol. The molecule has 0 bridgehead atoms. The monoisotopic (exact) mass is 324 g/mol. The molecular formula is C16H17ClO3S. The summed E-state index contributed by atoms with van der Waals surface area (Å²) in [6, 6.07) is 16.8. The molecule has 21 heavy (non-hydrogen) atoms. The van der Waals surface area contributed by atoms with Crippen LogP contribution in [0.4, 0.5) is 0 Å². The molecule has 5 heteroatoms. The fourth-order valence-electron chi connectivity index (χ4n) is 1.99. The van der Waals surface area contributed by atoms with Crippen LogP contribution in [-0.4, -0.2) is 24.0 Å². The Morgan fingerprint density at radius 2 is 1.48 bits per heavy atom. The number of halogens is 1. The lowest BCUT2D eigenvalue weighted by atomic mass is 10.0. The van der Waals surface area contributed by atoms with Gasteiger partial charge < -0.3 is 5.11 Å². The SMILES string of the molecule is C[C@@](Cl)([C@@H](O)c1ccc(-c2ccccc2)cc1)S(C)(=O)=O. The summed E-state index contributed by atoms with van der Waals surface area (Å²) in [6.07, 6.45) is -0.277. The maximum atomic E-state index is 11.7. The molecule has 0 heterocycles. The highest BCUT2D eigenvalue weighted by atomic mass is 35.5. The first-order valence-corrected chi connectivity index (χ1v) is 8.72. The summed E-state index contributed by atoms with van der Waals surface area (Å²) in [5.41, 5.74) is 2.51. The standard InChI is InChI=1S/C16H17ClO3S/c1-16(17,21(2,19)20)15(18)14-10-8-13(9-11-14)12-6-4-3-5-7-12/h3-11,15,18H,1-2H3/t15-,16-/m0/s1. The molecule has 0 aliphatic rings. The van der Waals surface area contributed by atoms with E-state index < -0.39 is 20.1 Å². The molecule has 112 valence electrons. The zero-order chi connectivity index (χ0) is 15.7. The summed E-state index contributed by atoms with van der Waals surface area (Å²) in [7, 11) is -3.60. The van der Waals surface area contributed by atoms with Gasteiger partial charge in [0.1, 0.15) is 6.10 Å². The van der Waals surface area contributed by atoms with Crippen molar-refractivity contribution < 1.29 is 13.5 Å². The molecule has 2 aromatic rings. The second kappa shape index (κ2) is 5.79. The van der Waals surface area contributed by atoms with Crippen molar-refractivity contribution in [2.24, 2.45) is 0 Å². The summed E-state index contributed by atoms with van der Waals surface area (Å²) in [6.45, 7) is 1.31. The van der Waals surface area contributed by atoms with Gasteiger partial charge in [0.15, 0.2) is 14.0 Å². The van der Waals surface area contributed by atoms with Crippen LogP contribution in [0.3, 0.4) is 0 Å². The number of aliphatic hydroxyl groups excluding tert-OH is 1. The van der Waals surface area contributed by atoms with Crippen LogP contribution >= 0.6 is 11.6 Å². The molecule has 0 saturated heterocycles. The highest BCUT2D eigenvalue weighted by molar-refractivity contribution is 7.93. The minimum Gasteiger partial charge on any atom is -0.385 e. The molecule has 0 aromatic heterocycles. The van der Waals surface area contributed by atoms with E-state index in [1.807, 2.05) is 42.5 Å². The first kappa shape index (κ1) is 16.0. The molecule has 0 radical (unpaired) electrons. The lowest BCUT2D eigenvalue weighted by molar-refractivity contribution is 0.163. The van der Waals surface area contributed by atoms with Crippen molar-refractivity contribution in [2.45, 2.75) is 17.2 Å². The summed E-state index contributed by atoms with van der Waals surface area (Å²) in [5.74, 6) is 0. The minimum absolute atomic E-state index is 0.470. The number of benzene rings is 2. The Morgan fingerprint density at radius 3 is 1.95 bits per heavy atom. The molecule has 0 saturated carbocycles. The average Bonchev–Trinajstić information content (AvgIpc) is 2.46. The van der Waals surface area contributed by atoms with E-state index in [0.29, 0.717) is 5.56 Å². The normalized spacial score (nSPS) is 16.2. The Kier molecular flexibility index (Phi) is 4.42. The van der Waals surface area contributed by atoms with E-state index in [4.69, 9.17) is 11.6 Å². The quantitative estimate of drug-likeness (QED) is 0.877. The van der Waals surface area contributed by atoms with Crippen LogP contribution in [-0.2, 0) is 9.84 Å². The van der Waals surface area contributed by atoms with E-state index in [9.17, 15) is 13.5 Å². The molecule has 2 atom stereocenters. The van der Waals surface area contributed by atoms with Gasteiger partial charge in [-0.2, -0.15) is 0 Å². The fourth-order valence-corrected chi connectivity index (χ4v) is 2.66. The summed E-state index contributed by atoms with van der Waals surface area (Å²) < 4.78 is 21.6. The first-order valence-electron chi connectivity index (χ1n) is 6.45. The van der Waals surface area contributed by atoms with Gasteiger partial charge in [0.2, 0.25) is 0 Å². The fraction of sp³-hybridized carbons (Fsp3) is 0.250. The van der Waals surface area contributed by atoms with Crippen molar-refractivity contribution in [3.63, 3.8) is 0 Å². The van der Waals surface area contributed by atoms with Crippen LogP contribution in [0.1, 0.15) is 18.6 Å². The lowest BCUT2D eigenvalue weighted by Gasteiger charge is -2.26. The molecule has 1 N–H and O–H groups in total. The van der Waals surface area contributed by atoms with Crippen molar-refractivity contribution in [2.75, 3.05) is 6.26 Å². The third-order valence-electron chi connectivity index (χ3n) is 3.55. The molecule has 3 nitrogen and oxygen atoms in total. The average molecular weight is 325 g/mol.